The molecule has 120 valence electrons. The van der Waals surface area contributed by atoms with Crippen LogP contribution >= 0.6 is 35.3 Å². The van der Waals surface area contributed by atoms with Crippen LogP contribution in [-0.2, 0) is 11.2 Å². The fourth-order valence-corrected chi connectivity index (χ4v) is 3.02. The number of aliphatic imine (C=N–C) groups is 1. The molecule has 2 N–H and O–H groups in total. The van der Waals surface area contributed by atoms with Gasteiger partial charge >= 0.3 is 0 Å². The first-order valence-electron chi connectivity index (χ1n) is 7.25. The third kappa shape index (κ3) is 6.92. The second-order valence-corrected chi connectivity index (χ2v) is 5.94. The zero-order chi connectivity index (χ0) is 14.2. The Morgan fingerprint density at radius 2 is 2.38 bits per heavy atom. The van der Waals surface area contributed by atoms with E-state index in [4.69, 9.17) is 4.74 Å². The maximum atomic E-state index is 5.58. The smallest absolute Gasteiger partial charge is 0.191 e. The van der Waals surface area contributed by atoms with E-state index in [2.05, 4.69) is 26.0 Å². The molecule has 0 aromatic carbocycles. The number of nitrogens with zero attached hydrogens (tertiary/aromatic N) is 2. The van der Waals surface area contributed by atoms with Crippen molar-refractivity contribution in [3.63, 3.8) is 0 Å². The second-order valence-electron chi connectivity index (χ2n) is 5.00. The van der Waals surface area contributed by atoms with Crippen LogP contribution in [0, 0.1) is 6.92 Å². The summed E-state index contributed by atoms with van der Waals surface area (Å²) in [4.78, 5) is 8.69. The quantitative estimate of drug-likeness (QED) is 0.319. The van der Waals surface area contributed by atoms with Gasteiger partial charge in [-0.15, -0.1) is 35.3 Å². The van der Waals surface area contributed by atoms with Crippen LogP contribution in [0.15, 0.2) is 10.4 Å². The van der Waals surface area contributed by atoms with Crippen molar-refractivity contribution in [2.75, 3.05) is 26.7 Å². The van der Waals surface area contributed by atoms with Gasteiger partial charge in [-0.25, -0.2) is 4.98 Å². The van der Waals surface area contributed by atoms with Crippen LogP contribution in [0.25, 0.3) is 0 Å². The van der Waals surface area contributed by atoms with Gasteiger partial charge in [0.25, 0.3) is 0 Å². The highest BCUT2D eigenvalue weighted by atomic mass is 127. The first-order chi connectivity index (χ1) is 9.78. The minimum absolute atomic E-state index is 0. The second kappa shape index (κ2) is 10.3. The fraction of sp³-hybridized carbons (Fsp3) is 0.714. The molecule has 1 aliphatic rings. The minimum atomic E-state index is 0. The number of ether oxygens (including phenoxy) is 1. The summed E-state index contributed by atoms with van der Waals surface area (Å²) in [6, 6.07) is 0. The molecule has 5 nitrogen and oxygen atoms in total. The average Bonchev–Trinajstić information content (AvgIpc) is 3.09. The Kier molecular flexibility index (Phi) is 9.18. The van der Waals surface area contributed by atoms with Gasteiger partial charge in [0.15, 0.2) is 5.96 Å². The van der Waals surface area contributed by atoms with Crippen molar-refractivity contribution >= 4 is 41.3 Å². The maximum Gasteiger partial charge on any atom is 0.191 e. The molecular weight excluding hydrogens is 399 g/mol. The largest absolute Gasteiger partial charge is 0.376 e. The molecule has 0 radical (unpaired) electrons. The summed E-state index contributed by atoms with van der Waals surface area (Å²) < 4.78 is 5.58. The molecule has 2 heterocycles. The lowest BCUT2D eigenvalue weighted by atomic mass is 10.2. The molecule has 0 bridgehead atoms. The number of aryl methyl sites for hydroxylation is 2. The molecule has 7 heteroatoms. The third-order valence-corrected chi connectivity index (χ3v) is 4.30. The molecule has 21 heavy (non-hydrogen) atoms. The zero-order valence-electron chi connectivity index (χ0n) is 12.7. The van der Waals surface area contributed by atoms with E-state index in [1.807, 2.05) is 6.92 Å². The van der Waals surface area contributed by atoms with Crippen LogP contribution in [-0.4, -0.2) is 43.8 Å². The van der Waals surface area contributed by atoms with Crippen LogP contribution in [0.4, 0.5) is 0 Å². The highest BCUT2D eigenvalue weighted by Crippen LogP contribution is 2.11. The van der Waals surface area contributed by atoms with Gasteiger partial charge in [0, 0.05) is 44.2 Å². The standard InChI is InChI=1S/C14H24N4OS.HI/c1-11-10-20-13(18-11)6-3-7-16-14(15-2)17-9-12-5-4-8-19-12;/h10,12H,3-9H2,1-2H3,(H2,15,16,17);1H. The lowest BCUT2D eigenvalue weighted by Crippen LogP contribution is -2.41. The van der Waals surface area contributed by atoms with Crippen LogP contribution in [0.1, 0.15) is 30.0 Å². The van der Waals surface area contributed by atoms with Crippen molar-refractivity contribution in [2.24, 2.45) is 4.99 Å². The summed E-state index contributed by atoms with van der Waals surface area (Å²) >= 11 is 1.74. The van der Waals surface area contributed by atoms with Gasteiger partial charge in [-0.05, 0) is 26.2 Å². The number of rotatable bonds is 6. The predicted octanol–water partition coefficient (Wildman–Crippen LogP) is 2.35. The summed E-state index contributed by atoms with van der Waals surface area (Å²) in [5, 5.41) is 9.96. The van der Waals surface area contributed by atoms with Crippen LogP contribution < -0.4 is 10.6 Å². The van der Waals surface area contributed by atoms with Gasteiger partial charge in [0.05, 0.1) is 11.1 Å². The Hall–Kier alpha value is -0.410. The Bertz CT molecular complexity index is 432. The van der Waals surface area contributed by atoms with E-state index in [-0.39, 0.29) is 24.0 Å². The highest BCUT2D eigenvalue weighted by Gasteiger charge is 2.15. The summed E-state index contributed by atoms with van der Waals surface area (Å²) in [6.45, 7) is 4.68. The van der Waals surface area contributed by atoms with E-state index in [0.29, 0.717) is 6.10 Å². The highest BCUT2D eigenvalue weighted by molar-refractivity contribution is 14.0. The monoisotopic (exact) mass is 424 g/mol. The molecular formula is C14H25IN4OS. The zero-order valence-corrected chi connectivity index (χ0v) is 15.9. The van der Waals surface area contributed by atoms with E-state index >= 15 is 0 Å². The van der Waals surface area contributed by atoms with E-state index in [9.17, 15) is 0 Å². The van der Waals surface area contributed by atoms with E-state index in [0.717, 1.165) is 50.6 Å². The van der Waals surface area contributed by atoms with E-state index < -0.39 is 0 Å². The van der Waals surface area contributed by atoms with Crippen molar-refractivity contribution < 1.29 is 4.74 Å². The summed E-state index contributed by atoms with van der Waals surface area (Å²) in [5.41, 5.74) is 1.12. The molecule has 1 aromatic heterocycles. The van der Waals surface area contributed by atoms with Gasteiger partial charge in [-0.2, -0.15) is 0 Å². The molecule has 0 saturated carbocycles. The molecule has 2 rings (SSSR count). The molecule has 1 aromatic rings. The molecule has 0 amide bonds. The molecule has 1 unspecified atom stereocenters. The third-order valence-electron chi connectivity index (χ3n) is 3.27. The summed E-state index contributed by atoms with van der Waals surface area (Å²) in [7, 11) is 1.80. The maximum absolute atomic E-state index is 5.58. The topological polar surface area (TPSA) is 58.5 Å². The SMILES string of the molecule is CN=C(NCCCc1nc(C)cs1)NCC1CCCO1.I. The van der Waals surface area contributed by atoms with Crippen LogP contribution in [0.5, 0.6) is 0 Å². The Morgan fingerprint density at radius 3 is 3.00 bits per heavy atom. The first kappa shape index (κ1) is 18.6. The lowest BCUT2D eigenvalue weighted by Gasteiger charge is -2.14. The minimum Gasteiger partial charge on any atom is -0.376 e. The number of thiazole rings is 1. The molecule has 1 atom stereocenters. The Balaban J connectivity index is 0.00000220. The molecule has 1 saturated heterocycles. The Labute approximate surface area is 148 Å². The molecule has 1 fully saturated rings. The number of guanidine groups is 1. The number of nitrogens with one attached hydrogen (secondary N) is 2. The number of aromatic nitrogens is 1. The van der Waals surface area contributed by atoms with E-state index in [1.54, 1.807) is 18.4 Å². The summed E-state index contributed by atoms with van der Waals surface area (Å²) in [5.74, 6) is 0.857. The van der Waals surface area contributed by atoms with Gasteiger partial charge in [-0.1, -0.05) is 0 Å². The lowest BCUT2D eigenvalue weighted by molar-refractivity contribution is 0.114. The van der Waals surface area contributed by atoms with E-state index in [1.165, 1.54) is 11.4 Å². The Morgan fingerprint density at radius 1 is 1.52 bits per heavy atom. The number of halogens is 1. The van der Waals surface area contributed by atoms with Gasteiger partial charge < -0.3 is 15.4 Å². The predicted molar refractivity (Wildman–Crippen MR) is 98.9 cm³/mol. The summed E-state index contributed by atoms with van der Waals surface area (Å²) in [6.07, 6.45) is 4.74. The average molecular weight is 424 g/mol. The normalized spacial score (nSPS) is 18.4. The van der Waals surface area contributed by atoms with Crippen molar-refractivity contribution in [3.05, 3.63) is 16.1 Å². The van der Waals surface area contributed by atoms with Crippen molar-refractivity contribution in [3.8, 4) is 0 Å². The van der Waals surface area contributed by atoms with Crippen LogP contribution in [0.2, 0.25) is 0 Å². The molecule has 0 spiro atoms. The number of hydrogen-bond donors (Lipinski definition) is 2. The van der Waals surface area contributed by atoms with Gasteiger partial charge in [0.1, 0.15) is 0 Å². The van der Waals surface area contributed by atoms with Crippen molar-refractivity contribution in [1.29, 1.82) is 0 Å². The molecule has 0 aliphatic carbocycles. The van der Waals surface area contributed by atoms with Gasteiger partial charge in [0.2, 0.25) is 0 Å². The first-order valence-corrected chi connectivity index (χ1v) is 8.13. The number of hydrogen-bond acceptors (Lipinski definition) is 4. The molecule has 1 aliphatic heterocycles. The van der Waals surface area contributed by atoms with Gasteiger partial charge in [-0.3, -0.25) is 4.99 Å². The van der Waals surface area contributed by atoms with Crippen molar-refractivity contribution in [1.82, 2.24) is 15.6 Å². The van der Waals surface area contributed by atoms with Crippen molar-refractivity contribution in [2.45, 2.75) is 38.7 Å². The van der Waals surface area contributed by atoms with Crippen LogP contribution in [0.3, 0.4) is 0 Å². The fourth-order valence-electron chi connectivity index (χ4n) is 2.20.